The summed E-state index contributed by atoms with van der Waals surface area (Å²) in [5.41, 5.74) is 2.57. The summed E-state index contributed by atoms with van der Waals surface area (Å²) in [6.45, 7) is 8.38. The van der Waals surface area contributed by atoms with E-state index in [1.54, 1.807) is 31.2 Å². The summed E-state index contributed by atoms with van der Waals surface area (Å²) in [5.74, 6) is 1.50. The van der Waals surface area contributed by atoms with Crippen molar-refractivity contribution in [1.82, 2.24) is 10.1 Å². The predicted octanol–water partition coefficient (Wildman–Crippen LogP) is 4.51. The van der Waals surface area contributed by atoms with Gasteiger partial charge >= 0.3 is 0 Å². The molecule has 1 heterocycles. The van der Waals surface area contributed by atoms with Crippen molar-refractivity contribution in [3.63, 3.8) is 0 Å². The number of hydrogen-bond donors (Lipinski definition) is 1. The fourth-order valence-corrected chi connectivity index (χ4v) is 2.50. The molecule has 1 aromatic heterocycles. The highest BCUT2D eigenvalue weighted by molar-refractivity contribution is 6.04. The summed E-state index contributed by atoms with van der Waals surface area (Å²) in [6, 6.07) is 14.8. The number of ether oxygens (including phenoxy) is 1. The van der Waals surface area contributed by atoms with Gasteiger partial charge in [-0.25, -0.2) is 0 Å². The van der Waals surface area contributed by atoms with Gasteiger partial charge in [0.1, 0.15) is 5.75 Å². The second kappa shape index (κ2) is 7.61. The molecule has 0 spiro atoms. The smallest absolute Gasteiger partial charge is 0.264 e. The van der Waals surface area contributed by atoms with Crippen molar-refractivity contribution in [2.24, 2.45) is 0 Å². The zero-order valence-electron chi connectivity index (χ0n) is 15.9. The number of aromatic nitrogens is 2. The molecule has 1 amide bonds. The normalized spacial score (nSPS) is 11.3. The molecular weight excluding hydrogens is 342 g/mol. The van der Waals surface area contributed by atoms with Crippen LogP contribution in [0, 0.1) is 6.92 Å². The van der Waals surface area contributed by atoms with Gasteiger partial charge in [-0.3, -0.25) is 4.79 Å². The second-order valence-electron chi connectivity index (χ2n) is 7.33. The van der Waals surface area contributed by atoms with E-state index >= 15 is 0 Å². The van der Waals surface area contributed by atoms with Crippen LogP contribution in [0.4, 0.5) is 5.69 Å². The Bertz CT molecular complexity index is 907. The van der Waals surface area contributed by atoms with Crippen LogP contribution in [0.15, 0.2) is 53.1 Å². The fraction of sp³-hybridized carbons (Fsp3) is 0.286. The number of carbonyl (C=O) groups excluding carboxylic acids is 1. The molecule has 0 fully saturated rings. The molecule has 3 aromatic rings. The lowest BCUT2D eigenvalue weighted by Gasteiger charge is -2.19. The number of carbonyl (C=O) groups is 1. The van der Waals surface area contributed by atoms with Crippen LogP contribution in [0.3, 0.4) is 0 Å². The first kappa shape index (κ1) is 18.6. The summed E-state index contributed by atoms with van der Waals surface area (Å²) >= 11 is 0. The van der Waals surface area contributed by atoms with Gasteiger partial charge in [-0.15, -0.1) is 0 Å². The van der Waals surface area contributed by atoms with Crippen molar-refractivity contribution < 1.29 is 14.1 Å². The molecule has 1 N–H and O–H groups in total. The maximum Gasteiger partial charge on any atom is 0.264 e. The Morgan fingerprint density at radius 1 is 1.07 bits per heavy atom. The molecular formula is C21H23N3O3. The third-order valence-electron chi connectivity index (χ3n) is 4.06. The molecule has 0 aliphatic carbocycles. The summed E-state index contributed by atoms with van der Waals surface area (Å²) in [5, 5.41) is 6.59. The first-order valence-corrected chi connectivity index (χ1v) is 8.75. The average molecular weight is 365 g/mol. The van der Waals surface area contributed by atoms with Gasteiger partial charge in [0.05, 0.1) is 0 Å². The van der Waals surface area contributed by atoms with Crippen LogP contribution >= 0.6 is 0 Å². The minimum atomic E-state index is -0.148. The fourth-order valence-electron chi connectivity index (χ4n) is 2.50. The lowest BCUT2D eigenvalue weighted by Crippen LogP contribution is -2.14. The largest absolute Gasteiger partial charge is 0.484 e. The summed E-state index contributed by atoms with van der Waals surface area (Å²) in [7, 11) is 0. The molecule has 0 atom stereocenters. The highest BCUT2D eigenvalue weighted by Crippen LogP contribution is 2.23. The van der Waals surface area contributed by atoms with Crippen LogP contribution in [0.1, 0.15) is 48.4 Å². The van der Waals surface area contributed by atoms with Gasteiger partial charge in [0.2, 0.25) is 0 Å². The molecule has 140 valence electrons. The number of anilines is 1. The monoisotopic (exact) mass is 365 g/mol. The van der Waals surface area contributed by atoms with Crippen molar-refractivity contribution in [3.8, 4) is 5.75 Å². The maximum atomic E-state index is 12.4. The van der Waals surface area contributed by atoms with E-state index in [0.29, 0.717) is 28.7 Å². The lowest BCUT2D eigenvalue weighted by atomic mass is 9.87. The van der Waals surface area contributed by atoms with Crippen molar-refractivity contribution in [2.45, 2.75) is 39.7 Å². The second-order valence-corrected chi connectivity index (χ2v) is 7.33. The molecule has 27 heavy (non-hydrogen) atoms. The van der Waals surface area contributed by atoms with Gasteiger partial charge in [-0.05, 0) is 54.3 Å². The van der Waals surface area contributed by atoms with Crippen LogP contribution in [-0.2, 0) is 12.0 Å². The van der Waals surface area contributed by atoms with Crippen molar-refractivity contribution in [3.05, 3.63) is 71.4 Å². The number of rotatable bonds is 5. The molecule has 2 aromatic carbocycles. The Labute approximate surface area is 158 Å². The third kappa shape index (κ3) is 4.94. The van der Waals surface area contributed by atoms with E-state index in [1.807, 2.05) is 24.3 Å². The number of amides is 1. The molecule has 0 aliphatic rings. The Hall–Kier alpha value is -3.15. The van der Waals surface area contributed by atoms with Crippen LogP contribution in [0.25, 0.3) is 0 Å². The van der Waals surface area contributed by atoms with Gasteiger partial charge in [0.15, 0.2) is 12.4 Å². The minimum Gasteiger partial charge on any atom is -0.484 e. The zero-order chi connectivity index (χ0) is 19.4. The molecule has 3 rings (SSSR count). The molecule has 0 unspecified atom stereocenters. The van der Waals surface area contributed by atoms with Crippen molar-refractivity contribution >= 4 is 11.6 Å². The maximum absolute atomic E-state index is 12.4. The molecule has 6 heteroatoms. The average Bonchev–Trinajstić information content (AvgIpc) is 3.06. The molecule has 0 bridgehead atoms. The van der Waals surface area contributed by atoms with Crippen LogP contribution in [0.5, 0.6) is 5.75 Å². The molecule has 6 nitrogen and oxygen atoms in total. The Morgan fingerprint density at radius 3 is 2.30 bits per heavy atom. The molecule has 0 aliphatic heterocycles. The number of aryl methyl sites for hydroxylation is 1. The van der Waals surface area contributed by atoms with Gasteiger partial charge in [-0.1, -0.05) is 38.1 Å². The van der Waals surface area contributed by atoms with Crippen molar-refractivity contribution in [1.29, 1.82) is 0 Å². The first-order valence-electron chi connectivity index (χ1n) is 8.75. The summed E-state index contributed by atoms with van der Waals surface area (Å²) in [4.78, 5) is 16.5. The quantitative estimate of drug-likeness (QED) is 0.720. The Morgan fingerprint density at radius 2 is 1.74 bits per heavy atom. The van der Waals surface area contributed by atoms with Gasteiger partial charge in [0, 0.05) is 11.3 Å². The highest BCUT2D eigenvalue weighted by Gasteiger charge is 2.14. The predicted molar refractivity (Wildman–Crippen MR) is 103 cm³/mol. The van der Waals surface area contributed by atoms with E-state index in [2.05, 4.69) is 36.2 Å². The van der Waals surface area contributed by atoms with Crippen LogP contribution < -0.4 is 10.1 Å². The standard InChI is InChI=1S/C21H23N3O3/c1-14-22-19(27-24-14)13-26-18-11-9-17(10-12-18)23-20(25)15-5-7-16(8-6-15)21(2,3)4/h5-12H,13H2,1-4H3,(H,23,25). The number of nitrogens with zero attached hydrogens (tertiary/aromatic N) is 2. The van der Waals surface area contributed by atoms with Crippen molar-refractivity contribution in [2.75, 3.05) is 5.32 Å². The number of benzene rings is 2. The lowest BCUT2D eigenvalue weighted by molar-refractivity contribution is 0.102. The SMILES string of the molecule is Cc1noc(COc2ccc(NC(=O)c3ccc(C(C)(C)C)cc3)cc2)n1. The van der Waals surface area contributed by atoms with Crippen LogP contribution in [0.2, 0.25) is 0 Å². The van der Waals surface area contributed by atoms with E-state index in [9.17, 15) is 4.79 Å². The molecule has 0 saturated carbocycles. The van der Waals surface area contributed by atoms with E-state index < -0.39 is 0 Å². The zero-order valence-corrected chi connectivity index (χ0v) is 15.9. The third-order valence-corrected chi connectivity index (χ3v) is 4.06. The van der Waals surface area contributed by atoms with Crippen LogP contribution in [-0.4, -0.2) is 16.0 Å². The van der Waals surface area contributed by atoms with E-state index in [4.69, 9.17) is 9.26 Å². The van der Waals surface area contributed by atoms with Gasteiger partial charge < -0.3 is 14.6 Å². The van der Waals surface area contributed by atoms with Gasteiger partial charge in [-0.2, -0.15) is 4.98 Å². The Kier molecular flexibility index (Phi) is 5.26. The number of hydrogen-bond acceptors (Lipinski definition) is 5. The topological polar surface area (TPSA) is 77.3 Å². The van der Waals surface area contributed by atoms with E-state index in [1.165, 1.54) is 5.56 Å². The summed E-state index contributed by atoms with van der Waals surface area (Å²) in [6.07, 6.45) is 0. The van der Waals surface area contributed by atoms with E-state index in [-0.39, 0.29) is 17.9 Å². The molecule has 0 radical (unpaired) electrons. The van der Waals surface area contributed by atoms with Gasteiger partial charge in [0.25, 0.3) is 11.8 Å². The Balaban J connectivity index is 1.58. The number of nitrogens with one attached hydrogen (secondary N) is 1. The first-order chi connectivity index (χ1) is 12.8. The minimum absolute atomic E-state index is 0.0603. The summed E-state index contributed by atoms with van der Waals surface area (Å²) < 4.78 is 10.6. The highest BCUT2D eigenvalue weighted by atomic mass is 16.5. The molecule has 0 saturated heterocycles. The van der Waals surface area contributed by atoms with E-state index in [0.717, 1.165) is 0 Å².